The van der Waals surface area contributed by atoms with Crippen molar-refractivity contribution in [1.82, 2.24) is 0 Å². The molecule has 0 aromatic rings. The molecular weight excluding hydrogens is 260 g/mol. The van der Waals surface area contributed by atoms with Gasteiger partial charge >= 0.3 is 0 Å². The average Bonchev–Trinajstić information content (AvgIpc) is 2.31. The zero-order valence-corrected chi connectivity index (χ0v) is 14.9. The lowest BCUT2D eigenvalue weighted by Crippen LogP contribution is -1.82. The second kappa shape index (κ2) is 19.5. The molecule has 0 fully saturated rings. The fourth-order valence-corrected chi connectivity index (χ4v) is 2.87. The third-order valence-electron chi connectivity index (χ3n) is 2.74. The molecule has 1 nitrogen and oxygen atoms in total. The van der Waals surface area contributed by atoms with E-state index in [-0.39, 0.29) is 14.6 Å². The first kappa shape index (κ1) is 20.5. The van der Waals surface area contributed by atoms with Gasteiger partial charge in [0.1, 0.15) is 14.6 Å². The van der Waals surface area contributed by atoms with E-state index in [2.05, 4.69) is 6.92 Å². The van der Waals surface area contributed by atoms with Crippen molar-refractivity contribution in [2.75, 3.05) is 0 Å². The molecule has 0 N–H and O–H groups in total. The highest BCUT2D eigenvalue weighted by Crippen LogP contribution is 2.11. The summed E-state index contributed by atoms with van der Waals surface area (Å²) in [7, 11) is -0.167. The first-order chi connectivity index (χ1) is 8.65. The lowest BCUT2D eigenvalue weighted by Gasteiger charge is -2.01. The van der Waals surface area contributed by atoms with Gasteiger partial charge in [0, 0.05) is 0 Å². The van der Waals surface area contributed by atoms with E-state index in [1.165, 1.54) is 84.1 Å². The Morgan fingerprint density at radius 1 is 0.833 bits per heavy atom. The van der Waals surface area contributed by atoms with Crippen LogP contribution in [0.4, 0.5) is 0 Å². The molecule has 0 aromatic carbocycles. The predicted molar refractivity (Wildman–Crippen MR) is 87.4 cm³/mol. The molecule has 18 heavy (non-hydrogen) atoms. The van der Waals surface area contributed by atoms with Crippen molar-refractivity contribution in [3.63, 3.8) is 0 Å². The molecule has 0 aliphatic heterocycles. The Kier molecular flexibility index (Phi) is 22.2. The van der Waals surface area contributed by atoms with Gasteiger partial charge in [-0.25, -0.2) is 0 Å². The van der Waals surface area contributed by atoms with E-state index in [4.69, 9.17) is 11.1 Å². The van der Waals surface area contributed by atoms with E-state index in [1.807, 2.05) is 0 Å². The summed E-state index contributed by atoms with van der Waals surface area (Å²) in [4.78, 5) is 9.44. The smallest absolute Gasteiger partial charge is 0.126 e. The molecule has 0 unspecified atom stereocenters. The maximum absolute atomic E-state index is 9.44. The lowest BCUT2D eigenvalue weighted by atomic mass is 10.1. The summed E-state index contributed by atoms with van der Waals surface area (Å²) in [5.41, 5.74) is 0. The monoisotopic (exact) mass is 292 g/mol. The summed E-state index contributed by atoms with van der Waals surface area (Å²) >= 11 is 5.75. The molecule has 0 atom stereocenters. The van der Waals surface area contributed by atoms with Crippen LogP contribution in [0.2, 0.25) is 6.04 Å². The van der Waals surface area contributed by atoms with Crippen LogP contribution in [0.5, 0.6) is 0 Å². The Morgan fingerprint density at radius 2 is 1.17 bits per heavy atom. The van der Waals surface area contributed by atoms with Crippen molar-refractivity contribution < 1.29 is 4.79 Å². The maximum atomic E-state index is 9.44. The number of rotatable bonds is 11. The zero-order chi connectivity index (χ0) is 14.1. The van der Waals surface area contributed by atoms with Crippen molar-refractivity contribution in [2.45, 2.75) is 91.0 Å². The third-order valence-corrected chi connectivity index (χ3v) is 4.31. The van der Waals surface area contributed by atoms with Crippen LogP contribution in [0.3, 0.4) is 0 Å². The molecule has 0 heterocycles. The highest BCUT2D eigenvalue weighted by atomic mass is 35.6. The van der Waals surface area contributed by atoms with Crippen LogP contribution in [0.25, 0.3) is 0 Å². The number of hydrogen-bond acceptors (Lipinski definition) is 1. The summed E-state index contributed by atoms with van der Waals surface area (Å²) in [6, 6.07) is 1.35. The molecular formula is C15H33ClOSi. The van der Waals surface area contributed by atoms with E-state index >= 15 is 0 Å². The summed E-state index contributed by atoms with van der Waals surface area (Å²) in [6.07, 6.45) is 14.3. The molecule has 0 amide bonds. The summed E-state index contributed by atoms with van der Waals surface area (Å²) in [5, 5.41) is 0. The fraction of sp³-hybridized carbons (Fsp3) is 0.933. The number of ketones is 1. The van der Waals surface area contributed by atoms with Gasteiger partial charge in [0.2, 0.25) is 0 Å². The van der Waals surface area contributed by atoms with Crippen LogP contribution in [-0.4, -0.2) is 14.6 Å². The molecule has 0 aliphatic rings. The zero-order valence-electron chi connectivity index (χ0n) is 12.8. The molecule has 0 bridgehead atoms. The first-order valence-electron chi connectivity index (χ1n) is 7.68. The number of carbonyl (C=O) groups is 1. The molecule has 0 saturated heterocycles. The van der Waals surface area contributed by atoms with Crippen molar-refractivity contribution >= 4 is 25.7 Å². The Hall–Kier alpha value is 0.177. The largest absolute Gasteiger partial charge is 0.300 e. The second-order valence-corrected chi connectivity index (χ2v) is 7.35. The molecule has 0 aromatic heterocycles. The van der Waals surface area contributed by atoms with E-state index in [0.29, 0.717) is 0 Å². The van der Waals surface area contributed by atoms with E-state index in [0.717, 1.165) is 0 Å². The minimum Gasteiger partial charge on any atom is -0.300 e. The Labute approximate surface area is 122 Å². The highest BCUT2D eigenvalue weighted by Gasteiger charge is 1.92. The first-order valence-corrected chi connectivity index (χ1v) is 10.8. The van der Waals surface area contributed by atoms with Gasteiger partial charge in [-0.05, 0) is 19.9 Å². The second-order valence-electron chi connectivity index (χ2n) is 5.13. The van der Waals surface area contributed by atoms with Crippen molar-refractivity contribution in [3.05, 3.63) is 0 Å². The quantitative estimate of drug-likeness (QED) is 0.289. The van der Waals surface area contributed by atoms with Gasteiger partial charge in [-0.1, -0.05) is 71.1 Å². The van der Waals surface area contributed by atoms with Crippen LogP contribution in [-0.2, 0) is 4.79 Å². The molecule has 110 valence electrons. The average molecular weight is 293 g/mol. The molecule has 0 spiro atoms. The van der Waals surface area contributed by atoms with Crippen LogP contribution in [0, 0.1) is 0 Å². The highest BCUT2D eigenvalue weighted by molar-refractivity contribution is 6.93. The van der Waals surface area contributed by atoms with E-state index < -0.39 is 0 Å². The summed E-state index contributed by atoms with van der Waals surface area (Å²) in [6.45, 7) is 5.33. The standard InChI is InChI=1S/C12H27ClSi.C3H6O/c1-2-3-4-5-6-7-8-9-10-11-12-14-13;1-3(2)4/h2-12,14H2,1H3;1-2H3. The predicted octanol–water partition coefficient (Wildman–Crippen LogP) is 5.24. The van der Waals surface area contributed by atoms with Gasteiger partial charge in [-0.2, -0.15) is 11.1 Å². The Bertz CT molecular complexity index is 147. The normalized spacial score (nSPS) is 10.4. The van der Waals surface area contributed by atoms with Gasteiger partial charge in [-0.15, -0.1) is 0 Å². The Morgan fingerprint density at radius 3 is 1.50 bits per heavy atom. The molecule has 0 saturated carbocycles. The number of unbranched alkanes of at least 4 members (excludes halogenated alkanes) is 9. The van der Waals surface area contributed by atoms with Crippen molar-refractivity contribution in [2.24, 2.45) is 0 Å². The number of Topliss-reactive ketones (excluding diaryl/α,β-unsaturated/α-hetero) is 1. The summed E-state index contributed by atoms with van der Waals surface area (Å²) < 4.78 is 0. The van der Waals surface area contributed by atoms with E-state index in [9.17, 15) is 4.79 Å². The van der Waals surface area contributed by atoms with E-state index in [1.54, 1.807) is 0 Å². The maximum Gasteiger partial charge on any atom is 0.126 e. The van der Waals surface area contributed by atoms with Gasteiger partial charge < -0.3 is 4.79 Å². The SMILES string of the molecule is CC(C)=O.CCCCCCCCCCCC[SiH2]Cl. The van der Waals surface area contributed by atoms with Crippen LogP contribution in [0.1, 0.15) is 85.0 Å². The van der Waals surface area contributed by atoms with Crippen molar-refractivity contribution in [1.29, 1.82) is 0 Å². The van der Waals surface area contributed by atoms with Crippen molar-refractivity contribution in [3.8, 4) is 0 Å². The minimum atomic E-state index is -0.167. The topological polar surface area (TPSA) is 17.1 Å². The molecule has 0 rings (SSSR count). The fourth-order valence-electron chi connectivity index (χ4n) is 1.76. The number of carbonyl (C=O) groups excluding carboxylic acids is 1. The van der Waals surface area contributed by atoms with Gasteiger partial charge in [0.05, 0.1) is 0 Å². The van der Waals surface area contributed by atoms with Gasteiger partial charge in [-0.3, -0.25) is 0 Å². The van der Waals surface area contributed by atoms with Crippen LogP contribution >= 0.6 is 11.1 Å². The van der Waals surface area contributed by atoms with Gasteiger partial charge in [0.25, 0.3) is 0 Å². The minimum absolute atomic E-state index is 0.167. The summed E-state index contributed by atoms with van der Waals surface area (Å²) in [5.74, 6) is 0.167. The Balaban J connectivity index is 0. The lowest BCUT2D eigenvalue weighted by molar-refractivity contribution is -0.114. The number of hydrogen-bond donors (Lipinski definition) is 0. The molecule has 0 aliphatic carbocycles. The molecule has 3 heteroatoms. The van der Waals surface area contributed by atoms with Crippen LogP contribution in [0.15, 0.2) is 0 Å². The third kappa shape index (κ3) is 29.8. The van der Waals surface area contributed by atoms with Gasteiger partial charge in [0.15, 0.2) is 0 Å². The number of halogens is 1. The molecule has 0 radical (unpaired) electrons. The van der Waals surface area contributed by atoms with Crippen LogP contribution < -0.4 is 0 Å².